The lowest BCUT2D eigenvalue weighted by molar-refractivity contribution is 0.362. The van der Waals surface area contributed by atoms with E-state index in [9.17, 15) is 0 Å². The lowest BCUT2D eigenvalue weighted by Gasteiger charge is -2.27. The molecule has 2 N–H and O–H groups in total. The molecule has 1 saturated carbocycles. The van der Waals surface area contributed by atoms with Crippen LogP contribution in [-0.4, -0.2) is 29.4 Å². The Morgan fingerprint density at radius 3 is 2.69 bits per heavy atom. The van der Waals surface area contributed by atoms with Gasteiger partial charge in [0.05, 0.1) is 0 Å². The second-order valence-corrected chi connectivity index (χ2v) is 8.84. The summed E-state index contributed by atoms with van der Waals surface area (Å²) in [5.41, 5.74) is 4.42. The molecule has 0 amide bonds. The van der Waals surface area contributed by atoms with Crippen molar-refractivity contribution in [2.45, 2.75) is 31.7 Å². The molecule has 1 aliphatic carbocycles. The molecule has 3 nitrogen and oxygen atoms in total. The fourth-order valence-electron chi connectivity index (χ4n) is 3.95. The van der Waals surface area contributed by atoms with E-state index >= 15 is 0 Å². The third-order valence-electron chi connectivity index (χ3n) is 5.88. The van der Waals surface area contributed by atoms with Crippen LogP contribution in [0.15, 0.2) is 73.3 Å². The van der Waals surface area contributed by atoms with Crippen LogP contribution >= 0.6 is 24.4 Å². The van der Waals surface area contributed by atoms with Crippen molar-refractivity contribution in [1.29, 1.82) is 0 Å². The van der Waals surface area contributed by atoms with Crippen LogP contribution in [0.4, 0.5) is 0 Å². The van der Waals surface area contributed by atoms with Gasteiger partial charge in [0, 0.05) is 18.2 Å². The number of hydrogen-bond donors (Lipinski definition) is 2. The van der Waals surface area contributed by atoms with Crippen molar-refractivity contribution in [2.75, 3.05) is 13.2 Å². The predicted octanol–water partition coefficient (Wildman–Crippen LogP) is 5.94. The third kappa shape index (κ3) is 5.34. The highest BCUT2D eigenvalue weighted by atomic mass is 32.1. The summed E-state index contributed by atoms with van der Waals surface area (Å²) < 4.78 is 5.65. The molecular formula is C27H28N2OS2. The number of hydrogen-bond acceptors (Lipinski definition) is 3. The van der Waals surface area contributed by atoms with Crippen LogP contribution in [0.25, 0.3) is 21.9 Å². The number of nitrogens with one attached hydrogen (secondary N) is 2. The highest BCUT2D eigenvalue weighted by molar-refractivity contribution is 7.80. The summed E-state index contributed by atoms with van der Waals surface area (Å²) >= 11 is 11.0. The Hall–Kier alpha value is -2.76. The molecule has 0 bridgehead atoms. The van der Waals surface area contributed by atoms with Crippen molar-refractivity contribution >= 4 is 45.4 Å². The van der Waals surface area contributed by atoms with Crippen molar-refractivity contribution in [3.8, 4) is 11.1 Å². The summed E-state index contributed by atoms with van der Waals surface area (Å²) in [7, 11) is 0. The van der Waals surface area contributed by atoms with E-state index in [0.29, 0.717) is 17.7 Å². The molecular weight excluding hydrogens is 432 g/mol. The second-order valence-electron chi connectivity index (χ2n) is 8.06. The van der Waals surface area contributed by atoms with E-state index in [1.54, 1.807) is 6.08 Å². The summed E-state index contributed by atoms with van der Waals surface area (Å²) in [6.07, 6.45) is 6.34. The second kappa shape index (κ2) is 10.7. The molecule has 0 unspecified atom stereocenters. The SMILES string of the molecule is C=CCOC(=S)c1ccccc1-c1ccc2cccc(CCNC(=S)NC3CCC3)c2c1. The highest BCUT2D eigenvalue weighted by Crippen LogP contribution is 2.30. The zero-order valence-electron chi connectivity index (χ0n) is 18.1. The average molecular weight is 461 g/mol. The Balaban J connectivity index is 1.54. The van der Waals surface area contributed by atoms with E-state index in [1.165, 1.54) is 35.6 Å². The van der Waals surface area contributed by atoms with E-state index < -0.39 is 0 Å². The van der Waals surface area contributed by atoms with Crippen LogP contribution in [0.5, 0.6) is 0 Å². The molecule has 0 radical (unpaired) electrons. The largest absolute Gasteiger partial charge is 0.479 e. The molecule has 0 atom stereocenters. The minimum Gasteiger partial charge on any atom is -0.479 e. The minimum atomic E-state index is 0.402. The van der Waals surface area contributed by atoms with Gasteiger partial charge in [0.15, 0.2) is 10.2 Å². The fourth-order valence-corrected chi connectivity index (χ4v) is 4.46. The van der Waals surface area contributed by atoms with Gasteiger partial charge in [-0.05, 0) is 89.7 Å². The standard InChI is InChI=1S/C27H28N2OS2/c1-2-17-30-26(31)24-12-4-3-11-23(24)21-14-13-19-7-5-8-20(25(19)18-21)15-16-28-27(32)29-22-9-6-10-22/h2-5,7-8,11-14,18,22H,1,6,9-10,15-17H2,(H2,28,29,32). The van der Waals surface area contributed by atoms with Crippen LogP contribution in [0.2, 0.25) is 0 Å². The molecule has 1 fully saturated rings. The smallest absolute Gasteiger partial charge is 0.192 e. The van der Waals surface area contributed by atoms with Crippen molar-refractivity contribution in [3.63, 3.8) is 0 Å². The zero-order valence-corrected chi connectivity index (χ0v) is 19.7. The van der Waals surface area contributed by atoms with Crippen molar-refractivity contribution in [1.82, 2.24) is 10.6 Å². The van der Waals surface area contributed by atoms with Gasteiger partial charge in [0.1, 0.15) is 6.61 Å². The van der Waals surface area contributed by atoms with Crippen molar-refractivity contribution in [3.05, 3.63) is 84.4 Å². The lowest BCUT2D eigenvalue weighted by atomic mass is 9.93. The quantitative estimate of drug-likeness (QED) is 0.321. The highest BCUT2D eigenvalue weighted by Gasteiger charge is 2.17. The number of thiocarbonyl (C=S) groups is 2. The van der Waals surface area contributed by atoms with E-state index in [-0.39, 0.29) is 0 Å². The fraction of sp³-hybridized carbons (Fsp3) is 0.259. The first kappa shape index (κ1) is 22.4. The van der Waals surface area contributed by atoms with E-state index in [4.69, 9.17) is 29.2 Å². The Morgan fingerprint density at radius 1 is 1.06 bits per heavy atom. The minimum absolute atomic E-state index is 0.402. The average Bonchev–Trinajstić information content (AvgIpc) is 2.79. The molecule has 3 aromatic carbocycles. The normalized spacial score (nSPS) is 13.2. The zero-order chi connectivity index (χ0) is 22.3. The summed E-state index contributed by atoms with van der Waals surface area (Å²) in [4.78, 5) is 0. The van der Waals surface area contributed by atoms with Crippen molar-refractivity contribution < 1.29 is 4.74 Å². The molecule has 0 heterocycles. The van der Waals surface area contributed by atoms with E-state index in [0.717, 1.165) is 34.8 Å². The van der Waals surface area contributed by atoms with Gasteiger partial charge in [-0.15, -0.1) is 0 Å². The molecule has 4 rings (SSSR count). The van der Waals surface area contributed by atoms with Gasteiger partial charge in [-0.25, -0.2) is 0 Å². The first-order chi connectivity index (χ1) is 15.7. The molecule has 3 aromatic rings. The van der Waals surface area contributed by atoms with Gasteiger partial charge in [-0.1, -0.05) is 61.2 Å². The van der Waals surface area contributed by atoms with Gasteiger partial charge >= 0.3 is 0 Å². The van der Waals surface area contributed by atoms with Crippen LogP contribution in [-0.2, 0) is 11.2 Å². The molecule has 32 heavy (non-hydrogen) atoms. The molecule has 0 aromatic heterocycles. The summed E-state index contributed by atoms with van der Waals surface area (Å²) in [5, 5.41) is 10.5. The first-order valence-electron chi connectivity index (χ1n) is 11.1. The van der Waals surface area contributed by atoms with Gasteiger partial charge in [-0.2, -0.15) is 0 Å². The summed E-state index contributed by atoms with van der Waals surface area (Å²) in [5.74, 6) is 0. The van der Waals surface area contributed by atoms with Crippen LogP contribution < -0.4 is 10.6 Å². The molecule has 1 aliphatic rings. The van der Waals surface area contributed by atoms with Crippen molar-refractivity contribution in [2.24, 2.45) is 0 Å². The summed E-state index contributed by atoms with van der Waals surface area (Å²) in [6, 6.07) is 21.7. The van der Waals surface area contributed by atoms with E-state index in [1.807, 2.05) is 18.2 Å². The molecule has 0 saturated heterocycles. The Labute approximate surface area is 200 Å². The lowest BCUT2D eigenvalue weighted by Crippen LogP contribution is -2.45. The van der Waals surface area contributed by atoms with Crippen LogP contribution in [0, 0.1) is 0 Å². The Morgan fingerprint density at radius 2 is 1.91 bits per heavy atom. The summed E-state index contributed by atoms with van der Waals surface area (Å²) in [6.45, 7) is 4.91. The molecule has 0 spiro atoms. The Kier molecular flexibility index (Phi) is 7.51. The topological polar surface area (TPSA) is 33.3 Å². The maximum atomic E-state index is 5.65. The predicted molar refractivity (Wildman–Crippen MR) is 142 cm³/mol. The maximum absolute atomic E-state index is 5.65. The molecule has 0 aliphatic heterocycles. The van der Waals surface area contributed by atoms with Gasteiger partial charge < -0.3 is 15.4 Å². The third-order valence-corrected chi connectivity index (χ3v) is 6.48. The molecule has 164 valence electrons. The van der Waals surface area contributed by atoms with E-state index in [2.05, 4.69) is 59.7 Å². The monoisotopic (exact) mass is 460 g/mol. The number of fused-ring (bicyclic) bond motifs is 1. The first-order valence-corrected chi connectivity index (χ1v) is 11.9. The molecule has 5 heteroatoms. The van der Waals surface area contributed by atoms with Gasteiger partial charge in [0.25, 0.3) is 0 Å². The Bertz CT molecular complexity index is 1140. The van der Waals surface area contributed by atoms with Crippen LogP contribution in [0.1, 0.15) is 30.4 Å². The van der Waals surface area contributed by atoms with Gasteiger partial charge in [-0.3, -0.25) is 0 Å². The number of benzene rings is 3. The van der Waals surface area contributed by atoms with Gasteiger partial charge in [0.2, 0.25) is 0 Å². The van der Waals surface area contributed by atoms with Crippen LogP contribution in [0.3, 0.4) is 0 Å². The maximum Gasteiger partial charge on any atom is 0.192 e. The number of rotatable bonds is 8. The number of ether oxygens (including phenoxy) is 1.